The van der Waals surface area contributed by atoms with Gasteiger partial charge in [-0.1, -0.05) is 11.8 Å². The lowest BCUT2D eigenvalue weighted by Gasteiger charge is -2.12. The molecule has 0 aliphatic heterocycles. The Hall–Kier alpha value is -2.55. The number of carbonyl (C=O) groups excluding carboxylic acids is 1. The van der Waals surface area contributed by atoms with Gasteiger partial charge < -0.3 is 14.2 Å². The van der Waals surface area contributed by atoms with E-state index in [1.165, 1.54) is 42.7 Å². The number of benzene rings is 1. The summed E-state index contributed by atoms with van der Waals surface area (Å²) in [4.78, 5) is 24.4. The molecular weight excluding hydrogens is 334 g/mol. The maximum Gasteiger partial charge on any atom is 0.340 e. The van der Waals surface area contributed by atoms with Crippen LogP contribution in [0, 0.1) is 6.92 Å². The Morgan fingerprint density at radius 3 is 2.33 bits per heavy atom. The van der Waals surface area contributed by atoms with Gasteiger partial charge in [-0.15, -0.1) is 10.2 Å². The lowest BCUT2D eigenvalue weighted by atomic mass is 10.2. The number of carbonyl (C=O) groups is 1. The molecule has 1 heterocycles. The molecule has 2 aromatic rings. The van der Waals surface area contributed by atoms with Gasteiger partial charge in [-0.2, -0.15) is 0 Å². The minimum atomic E-state index is -0.611. The van der Waals surface area contributed by atoms with E-state index in [2.05, 4.69) is 10.2 Å². The van der Waals surface area contributed by atoms with Gasteiger partial charge in [0.15, 0.2) is 11.9 Å². The molecule has 0 saturated heterocycles. The predicted molar refractivity (Wildman–Crippen MR) is 87.8 cm³/mol. The van der Waals surface area contributed by atoms with E-state index >= 15 is 0 Å². The first-order chi connectivity index (χ1) is 11.5. The average Bonchev–Trinajstić information content (AvgIpc) is 2.61. The molecule has 0 N–H and O–H groups in total. The van der Waals surface area contributed by atoms with Crippen molar-refractivity contribution in [2.75, 3.05) is 20.5 Å². The number of aryl methyl sites for hydroxylation is 1. The summed E-state index contributed by atoms with van der Waals surface area (Å²) in [6.45, 7) is 1.29. The third kappa shape index (κ3) is 3.85. The monoisotopic (exact) mass is 351 g/mol. The molecule has 128 valence electrons. The Morgan fingerprint density at radius 2 is 1.79 bits per heavy atom. The average molecular weight is 351 g/mol. The van der Waals surface area contributed by atoms with E-state index in [9.17, 15) is 9.59 Å². The lowest BCUT2D eigenvalue weighted by molar-refractivity contribution is 0.0344. The zero-order valence-corrected chi connectivity index (χ0v) is 14.5. The first-order valence-corrected chi connectivity index (χ1v) is 8.11. The molecule has 0 aliphatic rings. The van der Waals surface area contributed by atoms with Gasteiger partial charge in [0.25, 0.3) is 5.56 Å². The Morgan fingerprint density at radius 1 is 1.17 bits per heavy atom. The normalized spacial score (nSPS) is 10.3. The highest BCUT2D eigenvalue weighted by Crippen LogP contribution is 2.23. The summed E-state index contributed by atoms with van der Waals surface area (Å²) < 4.78 is 16.7. The summed E-state index contributed by atoms with van der Waals surface area (Å²) in [6.07, 6.45) is 1.75. The summed E-state index contributed by atoms with van der Waals surface area (Å²) in [5.74, 6) is 0.315. The number of thioether (sulfide) groups is 1. The molecular formula is C15H17N3O5S. The molecule has 0 amide bonds. The van der Waals surface area contributed by atoms with Crippen molar-refractivity contribution < 1.29 is 19.0 Å². The molecule has 24 heavy (non-hydrogen) atoms. The third-order valence-electron chi connectivity index (χ3n) is 3.17. The fourth-order valence-corrected chi connectivity index (χ4v) is 2.37. The number of ether oxygens (including phenoxy) is 3. The van der Waals surface area contributed by atoms with Crippen molar-refractivity contribution in [1.82, 2.24) is 14.8 Å². The van der Waals surface area contributed by atoms with Crippen molar-refractivity contribution in [3.8, 4) is 11.5 Å². The molecule has 0 atom stereocenters. The number of esters is 1. The number of hydrogen-bond acceptors (Lipinski definition) is 8. The number of rotatable bonds is 6. The van der Waals surface area contributed by atoms with Crippen LogP contribution < -0.4 is 15.0 Å². The van der Waals surface area contributed by atoms with Crippen LogP contribution in [-0.2, 0) is 11.5 Å². The van der Waals surface area contributed by atoms with Crippen LogP contribution in [0.1, 0.15) is 16.1 Å². The number of methoxy groups -OCH3 is 2. The van der Waals surface area contributed by atoms with Gasteiger partial charge in [-0.3, -0.25) is 4.79 Å². The van der Waals surface area contributed by atoms with Crippen molar-refractivity contribution in [3.63, 3.8) is 0 Å². The maximum atomic E-state index is 12.3. The summed E-state index contributed by atoms with van der Waals surface area (Å²) >= 11 is 1.24. The molecule has 0 fully saturated rings. The third-order valence-corrected chi connectivity index (χ3v) is 3.83. The van der Waals surface area contributed by atoms with E-state index in [0.29, 0.717) is 16.7 Å². The fourth-order valence-electron chi connectivity index (χ4n) is 1.89. The molecule has 0 spiro atoms. The highest BCUT2D eigenvalue weighted by atomic mass is 32.2. The summed E-state index contributed by atoms with van der Waals surface area (Å²) in [5, 5.41) is 8.03. The van der Waals surface area contributed by atoms with Crippen LogP contribution >= 0.6 is 11.8 Å². The maximum absolute atomic E-state index is 12.3. The van der Waals surface area contributed by atoms with Gasteiger partial charge in [0.05, 0.1) is 19.8 Å². The van der Waals surface area contributed by atoms with Crippen molar-refractivity contribution in [2.45, 2.75) is 18.8 Å². The van der Waals surface area contributed by atoms with Crippen LogP contribution in [0.4, 0.5) is 0 Å². The minimum absolute atomic E-state index is 0.229. The second-order valence-corrected chi connectivity index (χ2v) is 5.44. The molecule has 8 nitrogen and oxygen atoms in total. The standard InChI is InChI=1S/C15H17N3O5S/c1-9-13(19)18(15(24-4)17-16-9)8-23-14(20)10-5-11(21-2)7-12(6-10)22-3/h5-7H,8H2,1-4H3. The number of hydrogen-bond donors (Lipinski definition) is 0. The van der Waals surface area contributed by atoms with Crippen molar-refractivity contribution in [1.29, 1.82) is 0 Å². The van der Waals surface area contributed by atoms with E-state index in [4.69, 9.17) is 14.2 Å². The molecule has 1 aromatic carbocycles. The van der Waals surface area contributed by atoms with Crippen LogP contribution in [0.15, 0.2) is 28.2 Å². The lowest BCUT2D eigenvalue weighted by Crippen LogP contribution is -2.28. The van der Waals surface area contributed by atoms with E-state index in [0.717, 1.165) is 0 Å². The quantitative estimate of drug-likeness (QED) is 0.571. The zero-order valence-electron chi connectivity index (χ0n) is 13.7. The van der Waals surface area contributed by atoms with E-state index in [-0.39, 0.29) is 23.5 Å². The van der Waals surface area contributed by atoms with Gasteiger partial charge >= 0.3 is 5.97 Å². The van der Waals surface area contributed by atoms with Gasteiger partial charge in [0.2, 0.25) is 0 Å². The Labute approximate surface area is 142 Å². The SMILES string of the molecule is COc1cc(OC)cc(C(=O)OCn2c(SC)nnc(C)c2=O)c1. The van der Waals surface area contributed by atoms with Gasteiger partial charge in [0.1, 0.15) is 17.2 Å². The van der Waals surface area contributed by atoms with Crippen molar-refractivity contribution in [3.05, 3.63) is 39.8 Å². The number of aromatic nitrogens is 3. The molecule has 0 bridgehead atoms. The van der Waals surface area contributed by atoms with Crippen molar-refractivity contribution in [2.24, 2.45) is 0 Å². The number of nitrogens with zero attached hydrogens (tertiary/aromatic N) is 3. The van der Waals surface area contributed by atoms with Gasteiger partial charge in [0, 0.05) is 6.07 Å². The molecule has 9 heteroatoms. The Balaban J connectivity index is 2.23. The van der Waals surface area contributed by atoms with Gasteiger partial charge in [-0.05, 0) is 25.3 Å². The second kappa shape index (κ2) is 7.82. The van der Waals surface area contributed by atoms with E-state index in [1.807, 2.05) is 0 Å². The molecule has 0 aliphatic carbocycles. The Kier molecular flexibility index (Phi) is 5.80. The predicted octanol–water partition coefficient (Wildman–Crippen LogP) is 1.50. The van der Waals surface area contributed by atoms with Crippen molar-refractivity contribution >= 4 is 17.7 Å². The first-order valence-electron chi connectivity index (χ1n) is 6.88. The molecule has 0 saturated carbocycles. The molecule has 2 rings (SSSR count). The smallest absolute Gasteiger partial charge is 0.340 e. The topological polar surface area (TPSA) is 92.5 Å². The fraction of sp³-hybridized carbons (Fsp3) is 0.333. The van der Waals surface area contributed by atoms with Gasteiger partial charge in [-0.25, -0.2) is 9.36 Å². The van der Waals surface area contributed by atoms with Crippen LogP contribution in [0.3, 0.4) is 0 Å². The minimum Gasteiger partial charge on any atom is -0.497 e. The van der Waals surface area contributed by atoms with Crippen LogP contribution in [-0.4, -0.2) is 41.2 Å². The molecule has 0 radical (unpaired) electrons. The summed E-state index contributed by atoms with van der Waals surface area (Å²) in [5.41, 5.74) is 0.126. The largest absolute Gasteiger partial charge is 0.497 e. The second-order valence-electron chi connectivity index (χ2n) is 4.67. The molecule has 0 unspecified atom stereocenters. The first kappa shape index (κ1) is 17.8. The molecule has 1 aromatic heterocycles. The van der Waals surface area contributed by atoms with E-state index in [1.54, 1.807) is 19.2 Å². The Bertz CT molecular complexity index is 784. The van der Waals surface area contributed by atoms with Crippen LogP contribution in [0.5, 0.6) is 11.5 Å². The summed E-state index contributed by atoms with van der Waals surface area (Å²) in [7, 11) is 2.97. The highest BCUT2D eigenvalue weighted by molar-refractivity contribution is 7.98. The van der Waals surface area contributed by atoms with Crippen LogP contribution in [0.2, 0.25) is 0 Å². The highest BCUT2D eigenvalue weighted by Gasteiger charge is 2.14. The zero-order chi connectivity index (χ0) is 17.7. The van der Waals surface area contributed by atoms with E-state index < -0.39 is 5.97 Å². The summed E-state index contributed by atoms with van der Waals surface area (Å²) in [6, 6.07) is 4.70. The van der Waals surface area contributed by atoms with Crippen LogP contribution in [0.25, 0.3) is 0 Å².